The second kappa shape index (κ2) is 6.21. The molecular weight excluding hydrogens is 204 g/mol. The summed E-state index contributed by atoms with van der Waals surface area (Å²) in [4.78, 5) is 13.2. The van der Waals surface area contributed by atoms with Crippen LogP contribution in [0.15, 0.2) is 0 Å². The van der Waals surface area contributed by atoms with Gasteiger partial charge >= 0.3 is 0 Å². The molecule has 0 saturated carbocycles. The molecule has 1 amide bonds. The average molecular weight is 228 g/mol. The highest BCUT2D eigenvalue weighted by molar-refractivity contribution is 5.73. The number of nitrogens with zero attached hydrogens (tertiary/aromatic N) is 1. The first-order valence-corrected chi connectivity index (χ1v) is 6.21. The van der Waals surface area contributed by atoms with Crippen LogP contribution in [0, 0.1) is 5.92 Å². The summed E-state index contributed by atoms with van der Waals surface area (Å²) in [5.74, 6) is 0.306. The van der Waals surface area contributed by atoms with Crippen LogP contribution in [-0.2, 0) is 4.79 Å². The van der Waals surface area contributed by atoms with Gasteiger partial charge in [-0.2, -0.15) is 0 Å². The van der Waals surface area contributed by atoms with Crippen LogP contribution in [0.4, 0.5) is 0 Å². The van der Waals surface area contributed by atoms with Crippen molar-refractivity contribution in [3.8, 4) is 0 Å². The summed E-state index contributed by atoms with van der Waals surface area (Å²) < 4.78 is 0. The molecule has 2 N–H and O–H groups in total. The minimum atomic E-state index is -0.340. The fraction of sp³-hybridized carbons (Fsp3) is 0.917. The molecule has 0 aliphatic carbocycles. The van der Waals surface area contributed by atoms with E-state index in [1.807, 2.05) is 11.8 Å². The van der Waals surface area contributed by atoms with Gasteiger partial charge in [0.25, 0.3) is 0 Å². The van der Waals surface area contributed by atoms with Crippen molar-refractivity contribution in [3.63, 3.8) is 0 Å². The molecule has 0 aromatic rings. The lowest BCUT2D eigenvalue weighted by Crippen LogP contribution is -2.52. The molecule has 0 spiro atoms. The third-order valence-corrected chi connectivity index (χ3v) is 3.29. The Bertz CT molecular complexity index is 231. The fourth-order valence-electron chi connectivity index (χ4n) is 2.24. The third-order valence-electron chi connectivity index (χ3n) is 3.29. The van der Waals surface area contributed by atoms with Gasteiger partial charge in [0.1, 0.15) is 0 Å². The molecule has 4 heteroatoms. The maximum Gasteiger partial charge on any atom is 0.219 e. The molecule has 1 aliphatic heterocycles. The van der Waals surface area contributed by atoms with Crippen molar-refractivity contribution < 1.29 is 9.90 Å². The van der Waals surface area contributed by atoms with E-state index in [0.29, 0.717) is 12.6 Å². The van der Waals surface area contributed by atoms with E-state index < -0.39 is 0 Å². The van der Waals surface area contributed by atoms with Crippen LogP contribution in [0.1, 0.15) is 33.6 Å². The molecule has 1 saturated heterocycles. The summed E-state index contributed by atoms with van der Waals surface area (Å²) in [5, 5.41) is 13.1. The zero-order valence-electron chi connectivity index (χ0n) is 10.6. The van der Waals surface area contributed by atoms with Gasteiger partial charge in [-0.1, -0.05) is 6.92 Å². The van der Waals surface area contributed by atoms with E-state index in [1.54, 1.807) is 6.92 Å². The van der Waals surface area contributed by atoms with Crippen LogP contribution >= 0.6 is 0 Å². The zero-order valence-corrected chi connectivity index (χ0v) is 10.6. The van der Waals surface area contributed by atoms with E-state index in [0.717, 1.165) is 25.9 Å². The first-order valence-electron chi connectivity index (χ1n) is 6.21. The lowest BCUT2D eigenvalue weighted by atomic mass is 9.90. The number of aliphatic hydroxyl groups excluding tert-OH is 1. The van der Waals surface area contributed by atoms with Gasteiger partial charge in [0.15, 0.2) is 0 Å². The van der Waals surface area contributed by atoms with Crippen molar-refractivity contribution in [2.75, 3.05) is 19.6 Å². The van der Waals surface area contributed by atoms with Gasteiger partial charge in [-0.05, 0) is 26.3 Å². The number of aliphatic hydroxyl groups is 1. The Morgan fingerprint density at radius 2 is 2.25 bits per heavy atom. The minimum absolute atomic E-state index is 0.105. The van der Waals surface area contributed by atoms with Crippen LogP contribution in [0.2, 0.25) is 0 Å². The molecule has 0 radical (unpaired) electrons. The molecule has 3 atom stereocenters. The van der Waals surface area contributed by atoms with E-state index >= 15 is 0 Å². The normalized spacial score (nSPS) is 27.9. The van der Waals surface area contributed by atoms with Gasteiger partial charge in [-0.3, -0.25) is 4.79 Å². The summed E-state index contributed by atoms with van der Waals surface area (Å²) in [6, 6.07) is 0.331. The van der Waals surface area contributed by atoms with Crippen LogP contribution in [0.3, 0.4) is 0 Å². The molecule has 16 heavy (non-hydrogen) atoms. The molecule has 3 unspecified atom stereocenters. The molecule has 0 aromatic carbocycles. The second-order valence-electron chi connectivity index (χ2n) is 4.81. The van der Waals surface area contributed by atoms with Crippen LogP contribution in [0.5, 0.6) is 0 Å². The van der Waals surface area contributed by atoms with Crippen molar-refractivity contribution in [3.05, 3.63) is 0 Å². The summed E-state index contributed by atoms with van der Waals surface area (Å²) >= 11 is 0. The predicted octanol–water partition coefficient (Wildman–Crippen LogP) is 0.604. The van der Waals surface area contributed by atoms with Gasteiger partial charge in [0.05, 0.1) is 6.10 Å². The third kappa shape index (κ3) is 3.76. The highest BCUT2D eigenvalue weighted by Gasteiger charge is 2.30. The summed E-state index contributed by atoms with van der Waals surface area (Å²) in [5.41, 5.74) is 0. The number of carbonyl (C=O) groups excluding carboxylic acids is 1. The monoisotopic (exact) mass is 228 g/mol. The molecule has 94 valence electrons. The Morgan fingerprint density at radius 3 is 2.75 bits per heavy atom. The predicted molar refractivity (Wildman–Crippen MR) is 64.1 cm³/mol. The van der Waals surface area contributed by atoms with E-state index in [2.05, 4.69) is 12.2 Å². The Morgan fingerprint density at radius 1 is 1.56 bits per heavy atom. The molecule has 4 nitrogen and oxygen atoms in total. The van der Waals surface area contributed by atoms with Gasteiger partial charge in [-0.25, -0.2) is 0 Å². The quantitative estimate of drug-likeness (QED) is 0.741. The van der Waals surface area contributed by atoms with E-state index in [4.69, 9.17) is 0 Å². The average Bonchev–Trinajstić information content (AvgIpc) is 2.25. The van der Waals surface area contributed by atoms with E-state index in [1.165, 1.54) is 0 Å². The topological polar surface area (TPSA) is 52.6 Å². The van der Waals surface area contributed by atoms with E-state index in [-0.39, 0.29) is 17.9 Å². The van der Waals surface area contributed by atoms with Gasteiger partial charge in [0, 0.05) is 32.0 Å². The molecule has 1 fully saturated rings. The van der Waals surface area contributed by atoms with Gasteiger partial charge < -0.3 is 15.3 Å². The van der Waals surface area contributed by atoms with Gasteiger partial charge in [0.2, 0.25) is 5.91 Å². The van der Waals surface area contributed by atoms with Crippen molar-refractivity contribution in [2.24, 2.45) is 5.92 Å². The lowest BCUT2D eigenvalue weighted by Gasteiger charge is -2.39. The smallest absolute Gasteiger partial charge is 0.219 e. The first-order chi connectivity index (χ1) is 7.54. The molecule has 0 bridgehead atoms. The minimum Gasteiger partial charge on any atom is -0.393 e. The zero-order chi connectivity index (χ0) is 12.1. The standard InChI is InChI=1S/C12H24N2O2/c1-4-5-13-12-6-11(9(2)15)7-14(8-12)10(3)16/h9,11-13,15H,4-8H2,1-3H3. The van der Waals surface area contributed by atoms with Crippen molar-refractivity contribution in [2.45, 2.75) is 45.8 Å². The number of hydrogen-bond acceptors (Lipinski definition) is 3. The Kier molecular flexibility index (Phi) is 5.22. The number of likely N-dealkylation sites (tertiary alicyclic amines) is 1. The Balaban J connectivity index is 2.55. The number of nitrogens with one attached hydrogen (secondary N) is 1. The van der Waals surface area contributed by atoms with Crippen LogP contribution in [0.25, 0.3) is 0 Å². The Hall–Kier alpha value is -0.610. The molecular formula is C12H24N2O2. The molecule has 1 rings (SSSR count). The number of rotatable bonds is 4. The van der Waals surface area contributed by atoms with E-state index in [9.17, 15) is 9.90 Å². The van der Waals surface area contributed by atoms with Crippen molar-refractivity contribution >= 4 is 5.91 Å². The van der Waals surface area contributed by atoms with Crippen molar-refractivity contribution in [1.29, 1.82) is 0 Å². The highest BCUT2D eigenvalue weighted by atomic mass is 16.3. The molecule has 1 heterocycles. The first kappa shape index (κ1) is 13.5. The molecule has 1 aliphatic rings. The number of piperidine rings is 1. The lowest BCUT2D eigenvalue weighted by molar-refractivity contribution is -0.132. The van der Waals surface area contributed by atoms with Crippen LogP contribution < -0.4 is 5.32 Å². The maximum atomic E-state index is 11.4. The van der Waals surface area contributed by atoms with Crippen LogP contribution in [-0.4, -0.2) is 47.7 Å². The number of amides is 1. The second-order valence-corrected chi connectivity index (χ2v) is 4.81. The molecule has 0 aromatic heterocycles. The summed E-state index contributed by atoms with van der Waals surface area (Å²) in [6.45, 7) is 7.98. The number of hydrogen-bond donors (Lipinski definition) is 2. The SMILES string of the molecule is CCCNC1CC(C(C)O)CN(C(C)=O)C1. The highest BCUT2D eigenvalue weighted by Crippen LogP contribution is 2.20. The summed E-state index contributed by atoms with van der Waals surface area (Å²) in [7, 11) is 0. The van der Waals surface area contributed by atoms with Crippen molar-refractivity contribution in [1.82, 2.24) is 10.2 Å². The fourth-order valence-corrected chi connectivity index (χ4v) is 2.24. The maximum absolute atomic E-state index is 11.4. The van der Waals surface area contributed by atoms with Gasteiger partial charge in [-0.15, -0.1) is 0 Å². The Labute approximate surface area is 98.0 Å². The number of carbonyl (C=O) groups is 1. The summed E-state index contributed by atoms with van der Waals surface area (Å²) in [6.07, 6.45) is 1.71. The largest absolute Gasteiger partial charge is 0.393 e.